The van der Waals surface area contributed by atoms with E-state index in [4.69, 9.17) is 21.1 Å². The van der Waals surface area contributed by atoms with Crippen LogP contribution in [0.1, 0.15) is 5.56 Å². The molecule has 0 spiro atoms. The SMILES string of the molecule is COc1cc(C)ccc1S(=O)(=O)NCCOc1ccc2nnc(-c3ccccc3Cl)n2n1. The summed E-state index contributed by atoms with van der Waals surface area (Å²) in [5, 5.41) is 13.2. The van der Waals surface area contributed by atoms with Crippen molar-refractivity contribution in [2.75, 3.05) is 20.3 Å². The topological polar surface area (TPSA) is 108 Å². The Kier molecular flexibility index (Phi) is 6.26. The number of hydrogen-bond acceptors (Lipinski definition) is 7. The van der Waals surface area contributed by atoms with Crippen molar-refractivity contribution >= 4 is 27.3 Å². The summed E-state index contributed by atoms with van der Waals surface area (Å²) in [5.74, 6) is 1.05. The van der Waals surface area contributed by atoms with Gasteiger partial charge in [0.05, 0.1) is 12.1 Å². The lowest BCUT2D eigenvalue weighted by Gasteiger charge is -2.12. The van der Waals surface area contributed by atoms with Gasteiger partial charge in [-0.05, 0) is 42.8 Å². The molecule has 9 nitrogen and oxygen atoms in total. The van der Waals surface area contributed by atoms with Crippen LogP contribution >= 0.6 is 11.6 Å². The van der Waals surface area contributed by atoms with E-state index in [0.717, 1.165) is 5.56 Å². The third kappa shape index (κ3) is 4.52. The van der Waals surface area contributed by atoms with Crippen LogP contribution in [0, 0.1) is 6.92 Å². The molecule has 0 amide bonds. The lowest BCUT2D eigenvalue weighted by Crippen LogP contribution is -2.28. The molecule has 0 aliphatic rings. The number of nitrogens with one attached hydrogen (secondary N) is 1. The minimum absolute atomic E-state index is 0.0403. The molecule has 166 valence electrons. The van der Waals surface area contributed by atoms with Crippen LogP contribution in [0.4, 0.5) is 0 Å². The largest absolute Gasteiger partial charge is 0.495 e. The highest BCUT2D eigenvalue weighted by atomic mass is 35.5. The van der Waals surface area contributed by atoms with Gasteiger partial charge in [0.15, 0.2) is 11.5 Å². The molecule has 0 fully saturated rings. The van der Waals surface area contributed by atoms with Crippen LogP contribution in [-0.4, -0.2) is 48.5 Å². The molecule has 0 bridgehead atoms. The average Bonchev–Trinajstić information content (AvgIpc) is 3.20. The summed E-state index contributed by atoms with van der Waals surface area (Å²) in [6.07, 6.45) is 0. The summed E-state index contributed by atoms with van der Waals surface area (Å²) in [6, 6.07) is 15.5. The second-order valence-electron chi connectivity index (χ2n) is 6.85. The van der Waals surface area contributed by atoms with Gasteiger partial charge in [-0.2, -0.15) is 4.52 Å². The van der Waals surface area contributed by atoms with Gasteiger partial charge < -0.3 is 9.47 Å². The first kappa shape index (κ1) is 22.0. The molecule has 11 heteroatoms. The first-order valence-electron chi connectivity index (χ1n) is 9.63. The van der Waals surface area contributed by atoms with Gasteiger partial charge in [-0.1, -0.05) is 29.8 Å². The van der Waals surface area contributed by atoms with Gasteiger partial charge >= 0.3 is 0 Å². The lowest BCUT2D eigenvalue weighted by atomic mass is 10.2. The minimum Gasteiger partial charge on any atom is -0.495 e. The Balaban J connectivity index is 1.45. The molecule has 0 aliphatic carbocycles. The van der Waals surface area contributed by atoms with Crippen molar-refractivity contribution in [1.29, 1.82) is 0 Å². The second-order valence-corrected chi connectivity index (χ2v) is 8.99. The Morgan fingerprint density at radius 3 is 2.69 bits per heavy atom. The monoisotopic (exact) mass is 473 g/mol. The molecule has 1 N–H and O–H groups in total. The number of aromatic nitrogens is 4. The number of rotatable bonds is 8. The molecule has 0 saturated carbocycles. The number of sulfonamides is 1. The lowest BCUT2D eigenvalue weighted by molar-refractivity contribution is 0.305. The third-order valence-corrected chi connectivity index (χ3v) is 6.44. The van der Waals surface area contributed by atoms with Crippen LogP contribution < -0.4 is 14.2 Å². The van der Waals surface area contributed by atoms with Gasteiger partial charge in [-0.3, -0.25) is 0 Å². The highest BCUT2D eigenvalue weighted by Crippen LogP contribution is 2.27. The van der Waals surface area contributed by atoms with Crippen molar-refractivity contribution in [3.05, 3.63) is 65.2 Å². The molecule has 2 aromatic carbocycles. The number of aryl methyl sites for hydroxylation is 1. The number of hydrogen-bond donors (Lipinski definition) is 1. The van der Waals surface area contributed by atoms with Crippen LogP contribution in [0.25, 0.3) is 17.0 Å². The van der Waals surface area contributed by atoms with Gasteiger partial charge in [0.1, 0.15) is 17.3 Å². The van der Waals surface area contributed by atoms with Crippen molar-refractivity contribution in [2.45, 2.75) is 11.8 Å². The Labute approximate surface area is 190 Å². The number of fused-ring (bicyclic) bond motifs is 1. The summed E-state index contributed by atoms with van der Waals surface area (Å²) in [7, 11) is -2.33. The summed E-state index contributed by atoms with van der Waals surface area (Å²) in [4.78, 5) is 0.0685. The summed E-state index contributed by atoms with van der Waals surface area (Å²) in [6.45, 7) is 1.96. The maximum Gasteiger partial charge on any atom is 0.244 e. The van der Waals surface area contributed by atoms with E-state index in [1.165, 1.54) is 17.7 Å². The zero-order valence-corrected chi connectivity index (χ0v) is 18.9. The van der Waals surface area contributed by atoms with E-state index in [2.05, 4.69) is 20.0 Å². The van der Waals surface area contributed by atoms with E-state index in [1.807, 2.05) is 25.1 Å². The molecule has 0 aliphatic heterocycles. The van der Waals surface area contributed by atoms with Crippen LogP contribution in [-0.2, 0) is 10.0 Å². The number of methoxy groups -OCH3 is 1. The molecule has 4 aromatic rings. The van der Waals surface area contributed by atoms with Gasteiger partial charge in [-0.15, -0.1) is 15.3 Å². The molecule has 0 atom stereocenters. The predicted octanol–water partition coefficient (Wildman–Crippen LogP) is 3.12. The predicted molar refractivity (Wildman–Crippen MR) is 120 cm³/mol. The van der Waals surface area contributed by atoms with Crippen molar-refractivity contribution in [2.24, 2.45) is 0 Å². The van der Waals surface area contributed by atoms with Crippen LogP contribution in [0.3, 0.4) is 0 Å². The molecule has 0 unspecified atom stereocenters. The summed E-state index contributed by atoms with van der Waals surface area (Å²) in [5.41, 5.74) is 2.11. The van der Waals surface area contributed by atoms with Crippen molar-refractivity contribution in [1.82, 2.24) is 24.5 Å². The maximum absolute atomic E-state index is 12.6. The van der Waals surface area contributed by atoms with E-state index < -0.39 is 10.0 Å². The fourth-order valence-corrected chi connectivity index (χ4v) is 4.45. The quantitative estimate of drug-likeness (QED) is 0.392. The number of nitrogens with zero attached hydrogens (tertiary/aromatic N) is 4. The molecular weight excluding hydrogens is 454 g/mol. The van der Waals surface area contributed by atoms with Crippen LogP contribution in [0.5, 0.6) is 11.6 Å². The Bertz CT molecular complexity index is 1370. The molecule has 4 rings (SSSR count). The van der Waals surface area contributed by atoms with Crippen molar-refractivity contribution < 1.29 is 17.9 Å². The third-order valence-electron chi connectivity index (χ3n) is 4.61. The van der Waals surface area contributed by atoms with Crippen LogP contribution in [0.2, 0.25) is 5.02 Å². The van der Waals surface area contributed by atoms with Crippen LogP contribution in [0.15, 0.2) is 59.5 Å². The van der Waals surface area contributed by atoms with E-state index in [-0.39, 0.29) is 29.7 Å². The van der Waals surface area contributed by atoms with Gasteiger partial charge in [0, 0.05) is 18.2 Å². The summed E-state index contributed by atoms with van der Waals surface area (Å²) < 4.78 is 40.1. The van der Waals surface area contributed by atoms with Gasteiger partial charge in [-0.25, -0.2) is 13.1 Å². The average molecular weight is 474 g/mol. The second kappa shape index (κ2) is 9.11. The van der Waals surface area contributed by atoms with E-state index in [0.29, 0.717) is 22.1 Å². The minimum atomic E-state index is -3.76. The smallest absolute Gasteiger partial charge is 0.244 e. The number of halogens is 1. The fraction of sp³-hybridized carbons (Fsp3) is 0.190. The molecular formula is C21H20ClN5O4S. The van der Waals surface area contributed by atoms with E-state index in [1.54, 1.807) is 30.3 Å². The highest BCUT2D eigenvalue weighted by Gasteiger charge is 2.19. The molecule has 32 heavy (non-hydrogen) atoms. The molecule has 0 saturated heterocycles. The van der Waals surface area contributed by atoms with Gasteiger partial charge in [0.2, 0.25) is 15.9 Å². The molecule has 2 aromatic heterocycles. The normalized spacial score (nSPS) is 11.6. The molecule has 2 heterocycles. The number of ether oxygens (including phenoxy) is 2. The van der Waals surface area contributed by atoms with E-state index >= 15 is 0 Å². The van der Waals surface area contributed by atoms with Crippen molar-refractivity contribution in [3.8, 4) is 23.0 Å². The standard InChI is InChI=1S/C21H20ClN5O4S/c1-14-7-8-18(17(13-14)30-2)32(28,29)23-11-12-31-20-10-9-19-24-25-21(27(19)26-20)15-5-3-4-6-16(15)22/h3-10,13,23H,11-12H2,1-2H3. The Morgan fingerprint density at radius 1 is 1.09 bits per heavy atom. The zero-order valence-electron chi connectivity index (χ0n) is 17.3. The first-order valence-corrected chi connectivity index (χ1v) is 11.5. The molecule has 0 radical (unpaired) electrons. The summed E-state index contributed by atoms with van der Waals surface area (Å²) >= 11 is 6.27. The first-order chi connectivity index (χ1) is 15.4. The highest BCUT2D eigenvalue weighted by molar-refractivity contribution is 7.89. The number of benzene rings is 2. The maximum atomic E-state index is 12.6. The van der Waals surface area contributed by atoms with Gasteiger partial charge in [0.25, 0.3) is 0 Å². The fourth-order valence-electron chi connectivity index (χ4n) is 3.07. The van der Waals surface area contributed by atoms with E-state index in [9.17, 15) is 8.42 Å². The van der Waals surface area contributed by atoms with Crippen molar-refractivity contribution in [3.63, 3.8) is 0 Å². The Hall–Kier alpha value is -3.21. The Morgan fingerprint density at radius 2 is 1.91 bits per heavy atom. The zero-order chi connectivity index (χ0) is 22.7.